The van der Waals surface area contributed by atoms with Gasteiger partial charge in [-0.2, -0.15) is 13.2 Å². The van der Waals surface area contributed by atoms with Crippen molar-refractivity contribution in [3.8, 4) is 5.75 Å². The maximum absolute atomic E-state index is 12.3. The van der Waals surface area contributed by atoms with Gasteiger partial charge in [0.25, 0.3) is 0 Å². The van der Waals surface area contributed by atoms with E-state index < -0.39 is 17.5 Å². The van der Waals surface area contributed by atoms with Crippen LogP contribution in [0.25, 0.3) is 5.70 Å². The first kappa shape index (κ1) is 10.4. The third-order valence-corrected chi connectivity index (χ3v) is 1.67. The fourth-order valence-electron chi connectivity index (χ4n) is 0.963. The van der Waals surface area contributed by atoms with E-state index in [9.17, 15) is 13.2 Å². The molecule has 3 N–H and O–H groups in total. The number of alkyl halides is 3. The standard InChI is InChI=1S/C9H8F3NO/c1-5(13)6-2-3-8(14)7(4-6)9(10,11)12/h2-4,14H,1,13H2. The molecule has 0 saturated heterocycles. The van der Waals surface area contributed by atoms with Gasteiger partial charge >= 0.3 is 6.18 Å². The average Bonchev–Trinajstić information content (AvgIpc) is 2.02. The summed E-state index contributed by atoms with van der Waals surface area (Å²) in [7, 11) is 0. The summed E-state index contributed by atoms with van der Waals surface area (Å²) in [5.41, 5.74) is 4.29. The molecule has 0 spiro atoms. The molecule has 2 nitrogen and oxygen atoms in total. The highest BCUT2D eigenvalue weighted by Gasteiger charge is 2.33. The van der Waals surface area contributed by atoms with Gasteiger partial charge in [-0.3, -0.25) is 0 Å². The third kappa shape index (κ3) is 1.99. The number of hydrogen-bond donors (Lipinski definition) is 2. The molecular weight excluding hydrogens is 195 g/mol. The molecule has 1 aromatic carbocycles. The zero-order valence-corrected chi connectivity index (χ0v) is 7.10. The zero-order valence-electron chi connectivity index (χ0n) is 7.10. The molecule has 1 aromatic rings. The lowest BCUT2D eigenvalue weighted by Gasteiger charge is -2.10. The second-order valence-electron chi connectivity index (χ2n) is 2.75. The van der Waals surface area contributed by atoms with Crippen molar-refractivity contribution in [2.45, 2.75) is 6.18 Å². The van der Waals surface area contributed by atoms with Gasteiger partial charge < -0.3 is 10.8 Å². The Labute approximate surface area is 78.5 Å². The molecule has 0 aliphatic carbocycles. The van der Waals surface area contributed by atoms with Gasteiger partial charge in [0, 0.05) is 5.70 Å². The van der Waals surface area contributed by atoms with Crippen LogP contribution < -0.4 is 5.73 Å². The van der Waals surface area contributed by atoms with Crippen molar-refractivity contribution in [1.29, 1.82) is 0 Å². The van der Waals surface area contributed by atoms with Gasteiger partial charge in [-0.05, 0) is 23.8 Å². The lowest BCUT2D eigenvalue weighted by Crippen LogP contribution is -2.06. The number of aromatic hydroxyl groups is 1. The van der Waals surface area contributed by atoms with Crippen LogP contribution in [-0.2, 0) is 6.18 Å². The molecule has 0 heterocycles. The van der Waals surface area contributed by atoms with Gasteiger partial charge in [-0.25, -0.2) is 0 Å². The maximum Gasteiger partial charge on any atom is 0.419 e. The average molecular weight is 203 g/mol. The smallest absolute Gasteiger partial charge is 0.419 e. The molecule has 1 rings (SSSR count). The highest BCUT2D eigenvalue weighted by molar-refractivity contribution is 5.62. The Morgan fingerprint density at radius 3 is 2.36 bits per heavy atom. The lowest BCUT2D eigenvalue weighted by molar-refractivity contribution is -0.138. The van der Waals surface area contributed by atoms with Gasteiger partial charge in [0.05, 0.1) is 5.56 Å². The fourth-order valence-corrected chi connectivity index (χ4v) is 0.963. The van der Waals surface area contributed by atoms with E-state index in [1.54, 1.807) is 0 Å². The number of phenols is 1. The highest BCUT2D eigenvalue weighted by atomic mass is 19.4. The van der Waals surface area contributed by atoms with Crippen LogP contribution in [-0.4, -0.2) is 5.11 Å². The summed E-state index contributed by atoms with van der Waals surface area (Å²) in [6, 6.07) is 2.97. The van der Waals surface area contributed by atoms with Crippen molar-refractivity contribution in [3.05, 3.63) is 35.9 Å². The van der Waals surface area contributed by atoms with Crippen LogP contribution in [0.5, 0.6) is 5.75 Å². The quantitative estimate of drug-likeness (QED) is 0.735. The Morgan fingerprint density at radius 1 is 1.36 bits per heavy atom. The number of rotatable bonds is 1. The molecule has 0 atom stereocenters. The molecule has 0 fully saturated rings. The van der Waals surface area contributed by atoms with Crippen LogP contribution in [0.2, 0.25) is 0 Å². The molecule has 0 aliphatic rings. The molecule has 0 bridgehead atoms. The van der Waals surface area contributed by atoms with Crippen LogP contribution in [0, 0.1) is 0 Å². The summed E-state index contributed by atoms with van der Waals surface area (Å²) in [4.78, 5) is 0. The molecule has 14 heavy (non-hydrogen) atoms. The largest absolute Gasteiger partial charge is 0.507 e. The molecule has 0 aliphatic heterocycles. The monoisotopic (exact) mass is 203 g/mol. The Hall–Kier alpha value is -1.65. The minimum absolute atomic E-state index is 0.0236. The number of phenolic OH excluding ortho intramolecular Hbond substituents is 1. The normalized spacial score (nSPS) is 11.4. The van der Waals surface area contributed by atoms with Crippen molar-refractivity contribution < 1.29 is 18.3 Å². The van der Waals surface area contributed by atoms with Crippen LogP contribution in [0.4, 0.5) is 13.2 Å². The van der Waals surface area contributed by atoms with Crippen molar-refractivity contribution >= 4 is 5.70 Å². The van der Waals surface area contributed by atoms with E-state index in [0.717, 1.165) is 12.1 Å². The number of halogens is 3. The Kier molecular flexibility index (Phi) is 2.42. The van der Waals surface area contributed by atoms with E-state index >= 15 is 0 Å². The molecular formula is C9H8F3NO. The SMILES string of the molecule is C=C(N)c1ccc(O)c(C(F)(F)F)c1. The minimum Gasteiger partial charge on any atom is -0.507 e. The van der Waals surface area contributed by atoms with Crippen LogP contribution >= 0.6 is 0 Å². The molecule has 5 heteroatoms. The minimum atomic E-state index is -4.59. The molecule has 0 radical (unpaired) electrons. The first-order chi connectivity index (χ1) is 6.32. The van der Waals surface area contributed by atoms with E-state index in [0.29, 0.717) is 0 Å². The van der Waals surface area contributed by atoms with E-state index in [-0.39, 0.29) is 11.3 Å². The van der Waals surface area contributed by atoms with E-state index in [4.69, 9.17) is 10.8 Å². The molecule has 0 saturated carbocycles. The second kappa shape index (κ2) is 3.25. The first-order valence-corrected chi connectivity index (χ1v) is 3.67. The lowest BCUT2D eigenvalue weighted by atomic mass is 10.1. The third-order valence-electron chi connectivity index (χ3n) is 1.67. The van der Waals surface area contributed by atoms with Gasteiger partial charge in [0.15, 0.2) is 0 Å². The summed E-state index contributed by atoms with van der Waals surface area (Å²) in [5, 5.41) is 8.96. The van der Waals surface area contributed by atoms with Gasteiger partial charge in [-0.15, -0.1) is 0 Å². The van der Waals surface area contributed by atoms with Gasteiger partial charge in [-0.1, -0.05) is 6.58 Å². The second-order valence-corrected chi connectivity index (χ2v) is 2.75. The summed E-state index contributed by atoms with van der Waals surface area (Å²) in [6.45, 7) is 3.31. The summed E-state index contributed by atoms with van der Waals surface area (Å²) in [6.07, 6.45) is -4.59. The molecule has 0 aromatic heterocycles. The van der Waals surface area contributed by atoms with Gasteiger partial charge in [0.1, 0.15) is 5.75 Å². The van der Waals surface area contributed by atoms with Gasteiger partial charge in [0.2, 0.25) is 0 Å². The van der Waals surface area contributed by atoms with Crippen LogP contribution in [0.1, 0.15) is 11.1 Å². The van der Waals surface area contributed by atoms with Crippen LogP contribution in [0.15, 0.2) is 24.8 Å². The molecule has 0 unspecified atom stereocenters. The molecule has 0 amide bonds. The van der Waals surface area contributed by atoms with E-state index in [1.807, 2.05) is 0 Å². The zero-order chi connectivity index (χ0) is 10.9. The van der Waals surface area contributed by atoms with Crippen LogP contribution in [0.3, 0.4) is 0 Å². The first-order valence-electron chi connectivity index (χ1n) is 3.67. The van der Waals surface area contributed by atoms with Crippen molar-refractivity contribution in [1.82, 2.24) is 0 Å². The fraction of sp³-hybridized carbons (Fsp3) is 0.111. The van der Waals surface area contributed by atoms with E-state index in [2.05, 4.69) is 6.58 Å². The van der Waals surface area contributed by atoms with Crippen molar-refractivity contribution in [2.75, 3.05) is 0 Å². The number of hydrogen-bond acceptors (Lipinski definition) is 2. The maximum atomic E-state index is 12.3. The topological polar surface area (TPSA) is 46.2 Å². The summed E-state index contributed by atoms with van der Waals surface area (Å²) >= 11 is 0. The predicted molar refractivity (Wildman–Crippen MR) is 46.3 cm³/mol. The van der Waals surface area contributed by atoms with E-state index in [1.165, 1.54) is 6.07 Å². The Morgan fingerprint density at radius 2 is 1.93 bits per heavy atom. The molecule has 76 valence electrons. The Bertz CT molecular complexity index is 371. The number of benzene rings is 1. The number of nitrogens with two attached hydrogens (primary N) is 1. The van der Waals surface area contributed by atoms with Crippen molar-refractivity contribution in [3.63, 3.8) is 0 Å². The summed E-state index contributed by atoms with van der Waals surface area (Å²) in [5.74, 6) is -0.817. The highest BCUT2D eigenvalue weighted by Crippen LogP contribution is 2.36. The predicted octanol–water partition coefficient (Wildman–Crippen LogP) is 2.34. The summed E-state index contributed by atoms with van der Waals surface area (Å²) < 4.78 is 36.8. The Balaban J connectivity index is 3.29. The van der Waals surface area contributed by atoms with Crippen molar-refractivity contribution in [2.24, 2.45) is 5.73 Å².